The van der Waals surface area contributed by atoms with Gasteiger partial charge in [0.05, 0.1) is 23.2 Å². The van der Waals surface area contributed by atoms with Crippen LogP contribution in [-0.2, 0) is 14.4 Å². The van der Waals surface area contributed by atoms with E-state index in [0.717, 1.165) is 41.1 Å². The molecule has 3 heterocycles. The van der Waals surface area contributed by atoms with Crippen LogP contribution < -0.4 is 14.5 Å². The lowest BCUT2D eigenvalue weighted by Gasteiger charge is -2.41. The number of ether oxygens (including phenoxy) is 1. The highest BCUT2D eigenvalue weighted by Gasteiger charge is 2.76. The van der Waals surface area contributed by atoms with E-state index in [0.29, 0.717) is 39.1 Å². The number of thioether (sulfide) groups is 1. The number of unbranched alkanes of at least 4 members (excludes halogenated alkanes) is 2. The lowest BCUT2D eigenvalue weighted by atomic mass is 9.65. The zero-order chi connectivity index (χ0) is 33.9. The number of aryl methyl sites for hydroxylation is 2. The molecule has 3 unspecified atom stereocenters. The van der Waals surface area contributed by atoms with Crippen molar-refractivity contribution in [3.8, 4) is 5.75 Å². The Morgan fingerprint density at radius 1 is 1.04 bits per heavy atom. The Morgan fingerprint density at radius 2 is 1.74 bits per heavy atom. The Morgan fingerprint density at radius 3 is 2.40 bits per heavy atom. The van der Waals surface area contributed by atoms with E-state index in [2.05, 4.69) is 20.1 Å². The third kappa shape index (κ3) is 6.24. The normalized spacial score (nSPS) is 25.9. The second kappa shape index (κ2) is 14.7. The van der Waals surface area contributed by atoms with Crippen molar-refractivity contribution in [2.45, 2.75) is 69.4 Å². The molecule has 0 saturated carbocycles. The number of amides is 3. The quantitative estimate of drug-likeness (QED) is 0.188. The lowest BCUT2D eigenvalue weighted by Crippen LogP contribution is -2.58. The van der Waals surface area contributed by atoms with Crippen LogP contribution in [0.4, 0.5) is 11.4 Å². The summed E-state index contributed by atoms with van der Waals surface area (Å²) in [5.74, 6) is -0.765. The molecule has 2 bridgehead atoms. The van der Waals surface area contributed by atoms with Crippen LogP contribution >= 0.6 is 11.8 Å². The molecule has 1 spiro atoms. The van der Waals surface area contributed by atoms with E-state index in [1.54, 1.807) is 38.6 Å². The number of hydrogen-bond acceptors (Lipinski definition) is 6. The maximum absolute atomic E-state index is 15.0. The summed E-state index contributed by atoms with van der Waals surface area (Å²) in [4.78, 5) is 49.8. The smallest absolute Gasteiger partial charge is 0.251 e. The SMILES string of the molecule is C=CCN(C(=O)[C@@H]1[C@H]2C(=O)N(CCCCCO)C(C(=O)N(CC=C)c3cc(C)ccc3C)C23S[C@@H]1CC3C)c1ccc(OCC)cc1. The number of fused-ring (bicyclic) bond motifs is 1. The van der Waals surface area contributed by atoms with E-state index in [1.165, 1.54) is 0 Å². The van der Waals surface area contributed by atoms with Crippen LogP contribution in [0.25, 0.3) is 0 Å². The van der Waals surface area contributed by atoms with Gasteiger partial charge in [-0.2, -0.15) is 0 Å². The van der Waals surface area contributed by atoms with Crippen LogP contribution in [0.1, 0.15) is 50.7 Å². The molecule has 3 aliphatic rings. The molecule has 6 atom stereocenters. The number of nitrogens with zero attached hydrogens (tertiary/aromatic N) is 3. The Labute approximate surface area is 283 Å². The van der Waals surface area contributed by atoms with Gasteiger partial charge in [0.15, 0.2) is 0 Å². The Balaban J connectivity index is 1.57. The first kappa shape index (κ1) is 34.8. The van der Waals surface area contributed by atoms with Gasteiger partial charge in [-0.05, 0) is 93.8 Å². The lowest BCUT2D eigenvalue weighted by molar-refractivity contribution is -0.139. The average Bonchev–Trinajstić information content (AvgIpc) is 3.65. The van der Waals surface area contributed by atoms with Gasteiger partial charge < -0.3 is 24.5 Å². The minimum Gasteiger partial charge on any atom is -0.494 e. The predicted octanol–water partition coefficient (Wildman–Crippen LogP) is 5.94. The van der Waals surface area contributed by atoms with Gasteiger partial charge in [0.2, 0.25) is 11.8 Å². The number of benzene rings is 2. The third-order valence-electron chi connectivity index (χ3n) is 10.1. The number of likely N-dealkylation sites (tertiary alicyclic amines) is 1. The molecule has 2 aromatic carbocycles. The van der Waals surface area contributed by atoms with Crippen molar-refractivity contribution in [2.75, 3.05) is 42.6 Å². The molecular formula is C38H49N3O5S. The van der Waals surface area contributed by atoms with Gasteiger partial charge in [0.1, 0.15) is 11.8 Å². The van der Waals surface area contributed by atoms with E-state index in [9.17, 15) is 14.7 Å². The topological polar surface area (TPSA) is 90.4 Å². The molecule has 9 heteroatoms. The van der Waals surface area contributed by atoms with Crippen LogP contribution in [-0.4, -0.2) is 76.6 Å². The van der Waals surface area contributed by atoms with Gasteiger partial charge in [-0.15, -0.1) is 24.9 Å². The van der Waals surface area contributed by atoms with Crippen molar-refractivity contribution in [2.24, 2.45) is 17.8 Å². The molecule has 5 rings (SSSR count). The van der Waals surface area contributed by atoms with Crippen molar-refractivity contribution in [3.63, 3.8) is 0 Å². The number of rotatable bonds is 15. The van der Waals surface area contributed by atoms with E-state index in [4.69, 9.17) is 4.74 Å². The molecule has 3 aliphatic heterocycles. The first-order valence-corrected chi connectivity index (χ1v) is 17.8. The molecule has 8 nitrogen and oxygen atoms in total. The van der Waals surface area contributed by atoms with Crippen molar-refractivity contribution in [3.05, 3.63) is 78.9 Å². The monoisotopic (exact) mass is 659 g/mol. The number of aliphatic hydroxyl groups excluding tert-OH is 1. The first-order chi connectivity index (χ1) is 22.6. The summed E-state index contributed by atoms with van der Waals surface area (Å²) in [6.07, 6.45) is 6.23. The maximum atomic E-state index is 15.0. The zero-order valence-electron chi connectivity index (χ0n) is 28.2. The van der Waals surface area contributed by atoms with Crippen LogP contribution in [0.5, 0.6) is 5.75 Å². The summed E-state index contributed by atoms with van der Waals surface area (Å²) in [5.41, 5.74) is 3.55. The third-order valence-corrected chi connectivity index (χ3v) is 12.2. The number of anilines is 2. The van der Waals surface area contributed by atoms with E-state index < -0.39 is 22.6 Å². The molecular weight excluding hydrogens is 611 g/mol. The fraction of sp³-hybridized carbons (Fsp3) is 0.500. The van der Waals surface area contributed by atoms with Crippen molar-refractivity contribution in [1.29, 1.82) is 0 Å². The first-order valence-electron chi connectivity index (χ1n) is 16.9. The number of carbonyl (C=O) groups excluding carboxylic acids is 3. The second-order valence-electron chi connectivity index (χ2n) is 13.1. The summed E-state index contributed by atoms with van der Waals surface area (Å²) in [6, 6.07) is 12.8. The maximum Gasteiger partial charge on any atom is 0.251 e. The largest absolute Gasteiger partial charge is 0.494 e. The molecule has 0 aliphatic carbocycles. The molecule has 0 aromatic heterocycles. The highest BCUT2D eigenvalue weighted by atomic mass is 32.2. The van der Waals surface area contributed by atoms with Crippen molar-refractivity contribution in [1.82, 2.24) is 4.90 Å². The van der Waals surface area contributed by atoms with E-state index >= 15 is 4.79 Å². The Hall–Kier alpha value is -3.56. The van der Waals surface area contributed by atoms with Crippen molar-refractivity contribution >= 4 is 40.9 Å². The minimum atomic E-state index is -0.744. The standard InChI is InChI=1S/C38H49N3O5S/c1-7-19-39(28-15-17-29(18-16-28)46-9-3)35(43)32-31-24-27(6)38(47-31)33(32)36(44)41(21-11-10-12-22-42)34(38)37(45)40(20-8-2)30-23-25(4)13-14-26(30)5/h7-8,13-18,23,27,31-34,42H,1-2,9-12,19-22,24H2,3-6H3/t27?,31-,32+,33+,34?,38?/m1/s1. The molecule has 47 heavy (non-hydrogen) atoms. The van der Waals surface area contributed by atoms with Gasteiger partial charge in [-0.3, -0.25) is 14.4 Å². The predicted molar refractivity (Wildman–Crippen MR) is 190 cm³/mol. The average molecular weight is 660 g/mol. The van der Waals surface area contributed by atoms with Crippen LogP contribution in [0.2, 0.25) is 0 Å². The van der Waals surface area contributed by atoms with E-state index in [-0.39, 0.29) is 35.5 Å². The van der Waals surface area contributed by atoms with Gasteiger partial charge in [0.25, 0.3) is 5.91 Å². The number of hydrogen-bond donors (Lipinski definition) is 1. The fourth-order valence-corrected chi connectivity index (χ4v) is 10.4. The van der Waals surface area contributed by atoms with Gasteiger partial charge in [-0.25, -0.2) is 0 Å². The zero-order valence-corrected chi connectivity index (χ0v) is 29.0. The Bertz CT molecular complexity index is 1490. The van der Waals surface area contributed by atoms with E-state index in [1.807, 2.05) is 63.2 Å². The summed E-state index contributed by atoms with van der Waals surface area (Å²) in [7, 11) is 0. The van der Waals surface area contributed by atoms with Crippen molar-refractivity contribution < 1.29 is 24.2 Å². The number of carbonyl (C=O) groups is 3. The highest BCUT2D eigenvalue weighted by molar-refractivity contribution is 8.02. The molecule has 1 N–H and O–H groups in total. The van der Waals surface area contributed by atoms with Gasteiger partial charge in [-0.1, -0.05) is 31.2 Å². The summed E-state index contributed by atoms with van der Waals surface area (Å²) in [6.45, 7) is 17.6. The minimum absolute atomic E-state index is 0.0504. The molecule has 252 valence electrons. The van der Waals surface area contributed by atoms with Gasteiger partial charge in [0, 0.05) is 42.9 Å². The molecule has 3 fully saturated rings. The molecule has 3 amide bonds. The fourth-order valence-electron chi connectivity index (χ4n) is 8.01. The van der Waals surface area contributed by atoms with Crippen LogP contribution in [0.3, 0.4) is 0 Å². The molecule has 0 radical (unpaired) electrons. The summed E-state index contributed by atoms with van der Waals surface area (Å²) in [5, 5.41) is 9.34. The number of aliphatic hydroxyl groups is 1. The highest BCUT2D eigenvalue weighted by Crippen LogP contribution is 2.69. The molecule has 3 saturated heterocycles. The second-order valence-corrected chi connectivity index (χ2v) is 14.6. The Kier molecular flexibility index (Phi) is 10.9. The van der Waals surface area contributed by atoms with Crippen LogP contribution in [0, 0.1) is 31.6 Å². The summed E-state index contributed by atoms with van der Waals surface area (Å²) < 4.78 is 4.88. The van der Waals surface area contributed by atoms with Crippen LogP contribution in [0.15, 0.2) is 67.8 Å². The summed E-state index contributed by atoms with van der Waals surface area (Å²) >= 11 is 1.69. The molecule has 2 aromatic rings. The van der Waals surface area contributed by atoms with Gasteiger partial charge >= 0.3 is 0 Å².